The van der Waals surface area contributed by atoms with E-state index in [-0.39, 0.29) is 5.91 Å². The molecule has 0 heterocycles. The molecule has 0 aromatic heterocycles. The third kappa shape index (κ3) is 2.41. The molecule has 0 radical (unpaired) electrons. The van der Waals surface area contributed by atoms with Crippen molar-refractivity contribution in [3.63, 3.8) is 0 Å². The monoisotopic (exact) mass is 301 g/mol. The van der Waals surface area contributed by atoms with E-state index in [1.54, 1.807) is 12.1 Å². The Balaban J connectivity index is 2.19. The lowest BCUT2D eigenvalue weighted by molar-refractivity contribution is 0.0652. The molecule has 1 aromatic rings. The first-order valence-corrected chi connectivity index (χ1v) is 6.48. The molecule has 0 saturated heterocycles. The lowest BCUT2D eigenvalue weighted by Gasteiger charge is -2.34. The molecule has 1 aliphatic rings. The molecule has 0 spiro atoms. The second-order valence-corrected chi connectivity index (χ2v) is 5.51. The van der Waals surface area contributed by atoms with E-state index in [1.807, 2.05) is 18.0 Å². The smallest absolute Gasteiger partial charge is 0.253 e. The largest absolute Gasteiger partial charge is 0.339 e. The van der Waals surface area contributed by atoms with Crippen molar-refractivity contribution in [2.75, 3.05) is 7.05 Å². The minimum absolute atomic E-state index is 0.0490. The molecule has 16 heavy (non-hydrogen) atoms. The zero-order chi connectivity index (χ0) is 11.7. The van der Waals surface area contributed by atoms with Crippen molar-refractivity contribution >= 4 is 33.4 Å². The topological polar surface area (TPSA) is 20.3 Å². The van der Waals surface area contributed by atoms with Crippen LogP contribution >= 0.6 is 27.5 Å². The Morgan fingerprint density at radius 1 is 1.44 bits per heavy atom. The van der Waals surface area contributed by atoms with Crippen LogP contribution in [0.3, 0.4) is 0 Å². The molecule has 86 valence electrons. The normalized spacial score (nSPS) is 15.7. The van der Waals surface area contributed by atoms with E-state index >= 15 is 0 Å². The summed E-state index contributed by atoms with van der Waals surface area (Å²) in [6, 6.07) is 5.71. The molecule has 1 aromatic carbocycles. The van der Waals surface area contributed by atoms with Crippen LogP contribution in [0.2, 0.25) is 5.02 Å². The second-order valence-electron chi connectivity index (χ2n) is 4.16. The van der Waals surface area contributed by atoms with Crippen LogP contribution in [-0.2, 0) is 0 Å². The molecule has 0 aliphatic heterocycles. The maximum absolute atomic E-state index is 12.1. The summed E-state index contributed by atoms with van der Waals surface area (Å²) in [5.41, 5.74) is 0.647. The van der Waals surface area contributed by atoms with Crippen molar-refractivity contribution in [1.82, 2.24) is 4.90 Å². The van der Waals surface area contributed by atoms with Gasteiger partial charge in [0.15, 0.2) is 0 Å². The molecule has 4 heteroatoms. The molecule has 2 rings (SSSR count). The number of hydrogen-bond donors (Lipinski definition) is 0. The molecule has 0 N–H and O–H groups in total. The molecule has 1 amide bonds. The van der Waals surface area contributed by atoms with E-state index in [0.29, 0.717) is 16.6 Å². The lowest BCUT2D eigenvalue weighted by Crippen LogP contribution is -2.41. The zero-order valence-corrected chi connectivity index (χ0v) is 11.4. The molecule has 0 atom stereocenters. The van der Waals surface area contributed by atoms with Crippen molar-refractivity contribution in [3.05, 3.63) is 33.3 Å². The van der Waals surface area contributed by atoms with E-state index < -0.39 is 0 Å². The summed E-state index contributed by atoms with van der Waals surface area (Å²) in [5, 5.41) is 0.583. The Hall–Kier alpha value is -0.540. The summed E-state index contributed by atoms with van der Waals surface area (Å²) in [6.45, 7) is 0. The summed E-state index contributed by atoms with van der Waals surface area (Å²) in [7, 11) is 1.86. The van der Waals surface area contributed by atoms with Crippen LogP contribution in [0, 0.1) is 0 Å². The van der Waals surface area contributed by atoms with Crippen molar-refractivity contribution in [1.29, 1.82) is 0 Å². The maximum atomic E-state index is 12.1. The van der Waals surface area contributed by atoms with Gasteiger partial charge in [-0.05, 0) is 37.5 Å². The Bertz CT molecular complexity index is 397. The number of carbonyl (C=O) groups is 1. The van der Waals surface area contributed by atoms with Crippen molar-refractivity contribution < 1.29 is 4.79 Å². The lowest BCUT2D eigenvalue weighted by atomic mass is 9.91. The summed E-state index contributed by atoms with van der Waals surface area (Å²) in [6.07, 6.45) is 3.45. The molecule has 1 fully saturated rings. The average molecular weight is 303 g/mol. The molecular weight excluding hydrogens is 289 g/mol. The minimum Gasteiger partial charge on any atom is -0.339 e. The van der Waals surface area contributed by atoms with Gasteiger partial charge in [-0.1, -0.05) is 27.5 Å². The number of rotatable bonds is 2. The minimum atomic E-state index is 0.0490. The Morgan fingerprint density at radius 2 is 2.12 bits per heavy atom. The predicted octanol–water partition coefficient (Wildman–Crippen LogP) is 3.73. The van der Waals surface area contributed by atoms with Gasteiger partial charge in [0.1, 0.15) is 0 Å². The van der Waals surface area contributed by atoms with Crippen LogP contribution in [0.4, 0.5) is 0 Å². The van der Waals surface area contributed by atoms with Crippen molar-refractivity contribution in [2.24, 2.45) is 0 Å². The Labute approximate surface area is 109 Å². The van der Waals surface area contributed by atoms with Crippen LogP contribution in [0.1, 0.15) is 29.6 Å². The van der Waals surface area contributed by atoms with Gasteiger partial charge in [-0.15, -0.1) is 0 Å². The van der Waals surface area contributed by atoms with E-state index in [1.165, 1.54) is 6.42 Å². The highest BCUT2D eigenvalue weighted by atomic mass is 79.9. The van der Waals surface area contributed by atoms with Crippen LogP contribution in [-0.4, -0.2) is 23.9 Å². The Kier molecular flexibility index (Phi) is 3.55. The molecule has 0 unspecified atom stereocenters. The maximum Gasteiger partial charge on any atom is 0.253 e. The van der Waals surface area contributed by atoms with Crippen LogP contribution in [0.25, 0.3) is 0 Å². The van der Waals surface area contributed by atoms with Gasteiger partial charge in [-0.25, -0.2) is 0 Å². The van der Waals surface area contributed by atoms with Crippen LogP contribution < -0.4 is 0 Å². The summed E-state index contributed by atoms with van der Waals surface area (Å²) >= 11 is 9.27. The quantitative estimate of drug-likeness (QED) is 0.815. The number of nitrogens with zero attached hydrogens (tertiary/aromatic N) is 1. The van der Waals surface area contributed by atoms with Crippen LogP contribution in [0.5, 0.6) is 0 Å². The van der Waals surface area contributed by atoms with Gasteiger partial charge < -0.3 is 4.90 Å². The highest BCUT2D eigenvalue weighted by Gasteiger charge is 2.26. The van der Waals surface area contributed by atoms with E-state index in [0.717, 1.165) is 17.3 Å². The van der Waals surface area contributed by atoms with Crippen molar-refractivity contribution in [2.45, 2.75) is 25.3 Å². The number of carbonyl (C=O) groups excluding carboxylic acids is 1. The number of benzene rings is 1. The molecule has 1 aliphatic carbocycles. The second kappa shape index (κ2) is 4.76. The van der Waals surface area contributed by atoms with E-state index in [9.17, 15) is 4.79 Å². The molecule has 0 bridgehead atoms. The first-order chi connectivity index (χ1) is 7.58. The number of halogens is 2. The SMILES string of the molecule is CN(C(=O)c1cc(Cl)cc(Br)c1)C1CCC1. The van der Waals surface area contributed by atoms with Gasteiger partial charge in [0.2, 0.25) is 0 Å². The first kappa shape index (κ1) is 11.9. The van der Waals surface area contributed by atoms with Gasteiger partial charge in [-0.2, -0.15) is 0 Å². The summed E-state index contributed by atoms with van der Waals surface area (Å²) in [5.74, 6) is 0.0490. The zero-order valence-electron chi connectivity index (χ0n) is 9.04. The van der Waals surface area contributed by atoms with Gasteiger partial charge >= 0.3 is 0 Å². The standard InChI is InChI=1S/C12H13BrClNO/c1-15(11-3-2-4-11)12(16)8-5-9(13)7-10(14)6-8/h5-7,11H,2-4H2,1H3. The molecule has 2 nitrogen and oxygen atoms in total. The summed E-state index contributed by atoms with van der Waals surface area (Å²) in [4.78, 5) is 14.0. The predicted molar refractivity (Wildman–Crippen MR) is 68.9 cm³/mol. The van der Waals surface area contributed by atoms with Crippen molar-refractivity contribution in [3.8, 4) is 0 Å². The average Bonchev–Trinajstić information content (AvgIpc) is 2.12. The number of hydrogen-bond acceptors (Lipinski definition) is 1. The van der Waals surface area contributed by atoms with Gasteiger partial charge in [0, 0.05) is 28.1 Å². The number of amides is 1. The third-order valence-electron chi connectivity index (χ3n) is 3.05. The van der Waals surface area contributed by atoms with Gasteiger partial charge in [0.25, 0.3) is 5.91 Å². The first-order valence-electron chi connectivity index (χ1n) is 5.31. The van der Waals surface area contributed by atoms with Gasteiger partial charge in [-0.3, -0.25) is 4.79 Å². The fourth-order valence-corrected chi connectivity index (χ4v) is 2.68. The fourth-order valence-electron chi connectivity index (χ4n) is 1.82. The van der Waals surface area contributed by atoms with E-state index in [4.69, 9.17) is 11.6 Å². The summed E-state index contributed by atoms with van der Waals surface area (Å²) < 4.78 is 0.838. The highest BCUT2D eigenvalue weighted by Crippen LogP contribution is 2.26. The molecule has 1 saturated carbocycles. The molecular formula is C12H13BrClNO. The fraction of sp³-hybridized carbons (Fsp3) is 0.417. The van der Waals surface area contributed by atoms with Crippen LogP contribution in [0.15, 0.2) is 22.7 Å². The highest BCUT2D eigenvalue weighted by molar-refractivity contribution is 9.10. The van der Waals surface area contributed by atoms with Gasteiger partial charge in [0.05, 0.1) is 0 Å². The Morgan fingerprint density at radius 3 is 2.62 bits per heavy atom. The van der Waals surface area contributed by atoms with E-state index in [2.05, 4.69) is 15.9 Å². The third-order valence-corrected chi connectivity index (χ3v) is 3.73.